The van der Waals surface area contributed by atoms with Crippen LogP contribution in [0.25, 0.3) is 0 Å². The number of esters is 3. The summed E-state index contributed by atoms with van der Waals surface area (Å²) in [6.45, 7) is 6.58. The third-order valence-electron chi connectivity index (χ3n) is 14.2. The van der Waals surface area contributed by atoms with Crippen molar-refractivity contribution >= 4 is 17.9 Å². The maximum absolute atomic E-state index is 12.8. The Morgan fingerprint density at radius 2 is 0.500 bits per heavy atom. The molecule has 0 heterocycles. The van der Waals surface area contributed by atoms with Crippen LogP contribution in [0.3, 0.4) is 0 Å². The molecule has 0 rings (SSSR count). The predicted octanol–water partition coefficient (Wildman–Crippen LogP) is 21.9. The molecule has 0 aromatic heterocycles. The standard InChI is InChI=1S/C68H122O6/c1-4-7-10-13-16-19-22-24-25-26-27-28-29-30-31-32-33-34-35-36-37-38-39-40-41-42-43-44-47-49-52-55-58-61-67(70)73-64-65(63-72-66(69)60-57-54-51-48-45-21-18-15-12-9-6-3)74-68(71)62-59-56-53-50-46-23-20-17-14-11-8-5-2/h15,17-18,20,22,24,26-27,29-30,65H,4-14,16,19,21,23,25,28,31-64H2,1-3H3/b18-15-,20-17-,24-22-,27-26-,30-29-. The van der Waals surface area contributed by atoms with Gasteiger partial charge in [-0.25, -0.2) is 0 Å². The van der Waals surface area contributed by atoms with E-state index in [2.05, 4.69) is 81.5 Å². The fourth-order valence-corrected chi connectivity index (χ4v) is 9.31. The quantitative estimate of drug-likeness (QED) is 0.0261. The van der Waals surface area contributed by atoms with E-state index in [1.54, 1.807) is 0 Å². The van der Waals surface area contributed by atoms with Gasteiger partial charge in [-0.05, 0) is 103 Å². The minimum Gasteiger partial charge on any atom is -0.462 e. The lowest BCUT2D eigenvalue weighted by atomic mass is 10.0. The SMILES string of the molecule is CCCC/C=C\CCCCCCCC(=O)OCC(COC(=O)CCCCCCCCCCCCCCCCCCCC/C=C\C/C=C\C/C=C\CCCCCCC)OC(=O)CCCCCCC/C=C\CCCCC. The van der Waals surface area contributed by atoms with Crippen molar-refractivity contribution in [2.24, 2.45) is 0 Å². The Labute approximate surface area is 460 Å². The molecule has 430 valence electrons. The molecule has 0 fully saturated rings. The molecule has 0 aliphatic heterocycles. The number of carbonyl (C=O) groups excluding carboxylic acids is 3. The summed E-state index contributed by atoms with van der Waals surface area (Å²) >= 11 is 0. The summed E-state index contributed by atoms with van der Waals surface area (Å²) in [6, 6.07) is 0. The van der Waals surface area contributed by atoms with Crippen molar-refractivity contribution in [1.29, 1.82) is 0 Å². The van der Waals surface area contributed by atoms with Crippen molar-refractivity contribution in [1.82, 2.24) is 0 Å². The summed E-state index contributed by atoms with van der Waals surface area (Å²) < 4.78 is 16.8. The van der Waals surface area contributed by atoms with Crippen LogP contribution in [0.4, 0.5) is 0 Å². The summed E-state index contributed by atoms with van der Waals surface area (Å²) in [6.07, 6.45) is 79.7. The first kappa shape index (κ1) is 71.1. The fourth-order valence-electron chi connectivity index (χ4n) is 9.31. The monoisotopic (exact) mass is 1030 g/mol. The Balaban J connectivity index is 4.04. The van der Waals surface area contributed by atoms with E-state index in [9.17, 15) is 14.4 Å². The zero-order valence-electron chi connectivity index (χ0n) is 49.4. The highest BCUT2D eigenvalue weighted by Crippen LogP contribution is 2.17. The number of unbranched alkanes of at least 4 members (excludes halogenated alkanes) is 38. The molecule has 0 aromatic carbocycles. The molecule has 0 N–H and O–H groups in total. The van der Waals surface area contributed by atoms with Gasteiger partial charge in [-0.15, -0.1) is 0 Å². The third kappa shape index (κ3) is 60.0. The Bertz CT molecular complexity index is 1330. The first-order valence-electron chi connectivity index (χ1n) is 32.3. The van der Waals surface area contributed by atoms with Gasteiger partial charge in [0, 0.05) is 19.3 Å². The molecule has 0 saturated heterocycles. The van der Waals surface area contributed by atoms with Gasteiger partial charge in [0.15, 0.2) is 6.10 Å². The van der Waals surface area contributed by atoms with Gasteiger partial charge in [-0.1, -0.05) is 274 Å². The lowest BCUT2D eigenvalue weighted by Gasteiger charge is -2.18. The average Bonchev–Trinajstić information content (AvgIpc) is 3.40. The van der Waals surface area contributed by atoms with E-state index in [-0.39, 0.29) is 31.1 Å². The van der Waals surface area contributed by atoms with Crippen LogP contribution in [0.15, 0.2) is 60.8 Å². The van der Waals surface area contributed by atoms with Gasteiger partial charge in [-0.3, -0.25) is 14.4 Å². The first-order valence-corrected chi connectivity index (χ1v) is 32.3. The van der Waals surface area contributed by atoms with Crippen LogP contribution >= 0.6 is 0 Å². The van der Waals surface area contributed by atoms with Crippen LogP contribution in [0.1, 0.15) is 335 Å². The molecule has 0 aliphatic carbocycles. The highest BCUT2D eigenvalue weighted by molar-refractivity contribution is 5.71. The van der Waals surface area contributed by atoms with E-state index in [1.807, 2.05) is 0 Å². The molecule has 1 unspecified atom stereocenters. The largest absolute Gasteiger partial charge is 0.462 e. The summed E-state index contributed by atoms with van der Waals surface area (Å²) in [5.41, 5.74) is 0. The number of hydrogen-bond donors (Lipinski definition) is 0. The molecule has 6 nitrogen and oxygen atoms in total. The minimum atomic E-state index is -0.779. The second-order valence-electron chi connectivity index (χ2n) is 21.7. The van der Waals surface area contributed by atoms with Gasteiger partial charge in [0.2, 0.25) is 0 Å². The molecule has 6 heteroatoms. The Morgan fingerprint density at radius 1 is 0.270 bits per heavy atom. The smallest absolute Gasteiger partial charge is 0.306 e. The van der Waals surface area contributed by atoms with Crippen molar-refractivity contribution in [3.8, 4) is 0 Å². The highest BCUT2D eigenvalue weighted by atomic mass is 16.6. The predicted molar refractivity (Wildman–Crippen MR) is 321 cm³/mol. The summed E-state index contributed by atoms with van der Waals surface area (Å²) in [7, 11) is 0. The van der Waals surface area contributed by atoms with Gasteiger partial charge < -0.3 is 14.2 Å². The lowest BCUT2D eigenvalue weighted by molar-refractivity contribution is -0.167. The van der Waals surface area contributed by atoms with Crippen molar-refractivity contribution in [3.05, 3.63) is 60.8 Å². The first-order chi connectivity index (χ1) is 36.5. The molecule has 1 atom stereocenters. The summed E-state index contributed by atoms with van der Waals surface area (Å²) in [5, 5.41) is 0. The normalized spacial score (nSPS) is 12.4. The lowest BCUT2D eigenvalue weighted by Crippen LogP contribution is -2.30. The van der Waals surface area contributed by atoms with E-state index >= 15 is 0 Å². The molecular weight excluding hydrogens is 913 g/mol. The van der Waals surface area contributed by atoms with Crippen molar-refractivity contribution < 1.29 is 28.6 Å². The molecule has 0 spiro atoms. The Kier molecular flexibility index (Phi) is 60.2. The van der Waals surface area contributed by atoms with Crippen LogP contribution in [-0.2, 0) is 28.6 Å². The second-order valence-corrected chi connectivity index (χ2v) is 21.7. The number of rotatable bonds is 59. The number of allylic oxidation sites excluding steroid dienone is 10. The Morgan fingerprint density at radius 3 is 0.838 bits per heavy atom. The maximum atomic E-state index is 12.8. The zero-order chi connectivity index (χ0) is 53.6. The molecule has 74 heavy (non-hydrogen) atoms. The van der Waals surface area contributed by atoms with Crippen LogP contribution in [0, 0.1) is 0 Å². The molecule has 0 bridgehead atoms. The average molecular weight is 1040 g/mol. The van der Waals surface area contributed by atoms with Gasteiger partial charge in [0.1, 0.15) is 13.2 Å². The van der Waals surface area contributed by atoms with E-state index in [4.69, 9.17) is 14.2 Å². The number of carbonyl (C=O) groups is 3. The van der Waals surface area contributed by atoms with Gasteiger partial charge in [0.25, 0.3) is 0 Å². The summed E-state index contributed by atoms with van der Waals surface area (Å²) in [4.78, 5) is 38.1. The van der Waals surface area contributed by atoms with E-state index in [0.29, 0.717) is 19.3 Å². The number of ether oxygens (including phenoxy) is 3. The van der Waals surface area contributed by atoms with E-state index in [1.165, 1.54) is 205 Å². The summed E-state index contributed by atoms with van der Waals surface area (Å²) in [5.74, 6) is -0.884. The second kappa shape index (κ2) is 62.6. The topological polar surface area (TPSA) is 78.9 Å². The fraction of sp³-hybridized carbons (Fsp3) is 0.809. The molecule has 0 amide bonds. The van der Waals surface area contributed by atoms with Crippen LogP contribution in [-0.4, -0.2) is 37.2 Å². The van der Waals surface area contributed by atoms with E-state index in [0.717, 1.165) is 89.9 Å². The minimum absolute atomic E-state index is 0.0771. The third-order valence-corrected chi connectivity index (χ3v) is 14.2. The van der Waals surface area contributed by atoms with Crippen molar-refractivity contribution in [2.45, 2.75) is 341 Å². The van der Waals surface area contributed by atoms with Crippen LogP contribution in [0.2, 0.25) is 0 Å². The molecule has 0 radical (unpaired) electrons. The van der Waals surface area contributed by atoms with Gasteiger partial charge >= 0.3 is 17.9 Å². The number of hydrogen-bond acceptors (Lipinski definition) is 6. The Hall–Kier alpha value is -2.89. The van der Waals surface area contributed by atoms with Crippen LogP contribution < -0.4 is 0 Å². The molecule has 0 aromatic rings. The molecule has 0 saturated carbocycles. The molecule has 0 aliphatic rings. The highest BCUT2D eigenvalue weighted by Gasteiger charge is 2.19. The van der Waals surface area contributed by atoms with Crippen molar-refractivity contribution in [3.63, 3.8) is 0 Å². The van der Waals surface area contributed by atoms with Crippen molar-refractivity contribution in [2.75, 3.05) is 13.2 Å². The van der Waals surface area contributed by atoms with Gasteiger partial charge in [0.05, 0.1) is 0 Å². The zero-order valence-corrected chi connectivity index (χ0v) is 49.4. The molecular formula is C68H122O6. The van der Waals surface area contributed by atoms with Crippen LogP contribution in [0.5, 0.6) is 0 Å². The van der Waals surface area contributed by atoms with E-state index < -0.39 is 6.10 Å². The maximum Gasteiger partial charge on any atom is 0.306 e. The van der Waals surface area contributed by atoms with Gasteiger partial charge in [-0.2, -0.15) is 0 Å².